The van der Waals surface area contributed by atoms with E-state index in [0.29, 0.717) is 0 Å². The molecule has 0 fully saturated rings. The van der Waals surface area contributed by atoms with E-state index in [0.717, 1.165) is 0 Å². The first-order valence-electron chi connectivity index (χ1n) is 31.4. The molecule has 0 heterocycles. The summed E-state index contributed by atoms with van der Waals surface area (Å²) in [5.74, 6) is 0. The molecule has 0 N–H and O–H groups in total. The summed E-state index contributed by atoms with van der Waals surface area (Å²) in [7, 11) is 0. The van der Waals surface area contributed by atoms with Crippen LogP contribution < -0.4 is 0 Å². The minimum atomic E-state index is 1.22. The summed E-state index contributed by atoms with van der Waals surface area (Å²) in [5.41, 5.74) is 0. The van der Waals surface area contributed by atoms with Gasteiger partial charge in [-0.25, -0.2) is 0 Å². The number of rotatable bonds is 0. The van der Waals surface area contributed by atoms with E-state index in [2.05, 4.69) is 328 Å². The minimum Gasteiger partial charge on any atom is -0.0616 e. The van der Waals surface area contributed by atoms with Crippen LogP contribution in [0, 0.1) is 93.9 Å². The normalized spacial score (nSPS) is 12.0. The van der Waals surface area contributed by atoms with E-state index in [1.165, 1.54) is 191 Å². The second-order valence-corrected chi connectivity index (χ2v) is 24.4. The van der Waals surface area contributed by atoms with Crippen LogP contribution in [-0.2, 0) is 0 Å². The van der Waals surface area contributed by atoms with Gasteiger partial charge in [-0.15, -0.1) is 0 Å². The van der Waals surface area contributed by atoms with Gasteiger partial charge in [-0.05, 0) is 191 Å². The highest BCUT2D eigenvalue weighted by Gasteiger charge is 2.12. The van der Waals surface area contributed by atoms with Gasteiger partial charge >= 0.3 is 0 Å². The van der Waals surface area contributed by atoms with Gasteiger partial charge in [0, 0.05) is 0 Å². The highest BCUT2D eigenvalue weighted by Crippen LogP contribution is 2.33. The molecule has 0 nitrogen and oxygen atoms in total. The molecule has 0 aromatic heterocycles. The van der Waals surface area contributed by atoms with Crippen LogP contribution in [0.5, 0.6) is 0 Å². The molecule has 0 saturated carbocycles. The van der Waals surface area contributed by atoms with Crippen molar-refractivity contribution < 1.29 is 0 Å². The smallest absolute Gasteiger partial charge is 0.00987 e. The van der Waals surface area contributed by atoms with Gasteiger partial charge in [-0.1, -0.05) is 328 Å². The zero-order chi connectivity index (χ0) is 59.0. The summed E-state index contributed by atoms with van der Waals surface area (Å²) in [6.07, 6.45) is 0. The Hall–Kier alpha value is -11.7. The summed E-state index contributed by atoms with van der Waals surface area (Å²) in [4.78, 5) is 0. The third-order valence-electron chi connectivity index (χ3n) is 19.9. The molecule has 0 amide bonds. The molecule has 18 aromatic rings. The lowest BCUT2D eigenvalue weighted by molar-refractivity contribution is 1.47. The minimum absolute atomic E-state index is 1.22. The molecule has 18 bridgehead atoms. The fourth-order valence-electron chi connectivity index (χ4n) is 15.9. The van der Waals surface area contributed by atoms with E-state index < -0.39 is 0 Å². The molecular weight excluding hydrogens is 1080 g/mol. The molecule has 0 atom stereocenters. The van der Waals surface area contributed by atoms with Crippen LogP contribution in [0.4, 0.5) is 0 Å². The molecule has 0 saturated heterocycles. The summed E-state index contributed by atoms with van der Waals surface area (Å²) >= 11 is 0. The molecule has 1 aliphatic rings. The van der Waals surface area contributed by atoms with Crippen LogP contribution in [0.25, 0.3) is 97.0 Å². The van der Waals surface area contributed by atoms with E-state index in [1.807, 2.05) is 0 Å². The van der Waals surface area contributed by atoms with Crippen molar-refractivity contribution in [1.29, 1.82) is 0 Å². The molecule has 0 spiro atoms. The second kappa shape index (κ2) is 19.9. The Morgan fingerprint density at radius 1 is 0.0667 bits per heavy atom. The van der Waals surface area contributed by atoms with Gasteiger partial charge < -0.3 is 0 Å². The van der Waals surface area contributed by atoms with E-state index in [9.17, 15) is 0 Å². The Labute approximate surface area is 515 Å². The SMILES string of the molecule is c1ccc2c3ccc(c2c1)=c1ccc(c2ccccc12)=c1ccc(c2ccccc12)=c1ccc(c2ccccc12)=c1ccc(c2ccccc12)=c1ccc(c2ccccc12)=c1ccc(c2ccccc12)=c1ccc(c2ccccc12)=c1ccc=3c2ccccc12. The highest BCUT2D eigenvalue weighted by molar-refractivity contribution is 5.96. The Kier molecular flexibility index (Phi) is 11.2. The summed E-state index contributed by atoms with van der Waals surface area (Å²) in [5, 5.41) is 44.2. The topological polar surface area (TPSA) is 0 Å². The first-order valence-corrected chi connectivity index (χ1v) is 31.4. The Morgan fingerprint density at radius 2 is 0.122 bits per heavy atom. The third kappa shape index (κ3) is 7.49. The maximum atomic E-state index is 2.37. The Balaban J connectivity index is 1.02. The molecule has 414 valence electrons. The van der Waals surface area contributed by atoms with Crippen molar-refractivity contribution >= 4 is 97.0 Å². The van der Waals surface area contributed by atoms with Gasteiger partial charge in [0.05, 0.1) is 0 Å². The van der Waals surface area contributed by atoms with Crippen LogP contribution in [0.15, 0.2) is 328 Å². The Bertz CT molecular complexity index is 5420. The van der Waals surface area contributed by atoms with Crippen LogP contribution in [0.2, 0.25) is 0 Å². The summed E-state index contributed by atoms with van der Waals surface area (Å²) in [6, 6.07) is 124. The fourth-order valence-corrected chi connectivity index (χ4v) is 15.9. The first kappa shape index (κ1) is 50.5. The van der Waals surface area contributed by atoms with Crippen molar-refractivity contribution in [3.8, 4) is 0 Å². The van der Waals surface area contributed by atoms with Crippen LogP contribution in [-0.4, -0.2) is 0 Å². The predicted molar refractivity (Wildman–Crippen MR) is 375 cm³/mol. The van der Waals surface area contributed by atoms with Crippen molar-refractivity contribution in [1.82, 2.24) is 0 Å². The van der Waals surface area contributed by atoms with Gasteiger partial charge in [0.1, 0.15) is 0 Å². The lowest BCUT2D eigenvalue weighted by atomic mass is 9.95. The maximum absolute atomic E-state index is 2.37. The summed E-state index contributed by atoms with van der Waals surface area (Å²) in [6.45, 7) is 0. The molecular formula is C90H54. The lowest BCUT2D eigenvalue weighted by Crippen LogP contribution is -1.89. The quantitative estimate of drug-likeness (QED) is 0.142. The average molecular weight is 1140 g/mol. The predicted octanol–water partition coefficient (Wildman–Crippen LogP) is 22.0. The lowest BCUT2D eigenvalue weighted by Gasteiger charge is -2.09. The number of benzene rings is 18. The fraction of sp³-hybridized carbons (Fsp3) is 0. The van der Waals surface area contributed by atoms with Crippen molar-refractivity contribution in [3.63, 3.8) is 0 Å². The molecule has 0 heteroatoms. The monoisotopic (exact) mass is 1130 g/mol. The van der Waals surface area contributed by atoms with Crippen molar-refractivity contribution in [2.24, 2.45) is 0 Å². The number of hydrogen-bond acceptors (Lipinski definition) is 0. The van der Waals surface area contributed by atoms with E-state index in [4.69, 9.17) is 0 Å². The van der Waals surface area contributed by atoms with Crippen molar-refractivity contribution in [2.75, 3.05) is 0 Å². The van der Waals surface area contributed by atoms with E-state index in [-0.39, 0.29) is 0 Å². The molecule has 18 aromatic carbocycles. The standard InChI is InChI=1S/C90H54/c1-2-20-56-55(19-1)73-37-38-74(56)76-41-42-78(60-24-6-5-23-59(60)76)80-45-46-82(64-28-10-9-27-63(64)80)84-49-50-86(68-32-14-13-31-67(68)84)88-53-54-90(72-36-18-17-35-71(72)88)89-52-51-87(69-33-15-16-34-70(69)89)85-48-47-83(65-29-11-12-30-66(65)85)81-44-43-79(61-25-7-8-26-62(61)81)77-40-39-75(73)57-21-3-4-22-58(57)77/h1-54H. The first-order chi connectivity index (χ1) is 44.7. The third-order valence-corrected chi connectivity index (χ3v) is 19.9. The van der Waals surface area contributed by atoms with Crippen LogP contribution in [0.1, 0.15) is 0 Å². The molecule has 90 heavy (non-hydrogen) atoms. The molecule has 0 radical (unpaired) electrons. The largest absolute Gasteiger partial charge is 0.0616 e. The maximum Gasteiger partial charge on any atom is -0.00987 e. The van der Waals surface area contributed by atoms with Gasteiger partial charge in [-0.2, -0.15) is 0 Å². The molecule has 0 unspecified atom stereocenters. The van der Waals surface area contributed by atoms with Gasteiger partial charge in [0.2, 0.25) is 0 Å². The van der Waals surface area contributed by atoms with Gasteiger partial charge in [0.25, 0.3) is 0 Å². The van der Waals surface area contributed by atoms with Gasteiger partial charge in [0.15, 0.2) is 0 Å². The zero-order valence-electron chi connectivity index (χ0n) is 49.2. The molecule has 19 rings (SSSR count). The molecule has 1 aliphatic carbocycles. The average Bonchev–Trinajstić information content (AvgIpc) is 0.785. The highest BCUT2D eigenvalue weighted by atomic mass is 14.2. The van der Waals surface area contributed by atoms with Crippen LogP contribution >= 0.6 is 0 Å². The van der Waals surface area contributed by atoms with E-state index >= 15 is 0 Å². The number of hydrogen-bond donors (Lipinski definition) is 0. The van der Waals surface area contributed by atoms with Gasteiger partial charge in [-0.3, -0.25) is 0 Å². The van der Waals surface area contributed by atoms with Crippen molar-refractivity contribution in [3.05, 3.63) is 422 Å². The van der Waals surface area contributed by atoms with Crippen molar-refractivity contribution in [2.45, 2.75) is 0 Å². The second-order valence-electron chi connectivity index (χ2n) is 24.4. The molecule has 0 aliphatic heterocycles. The van der Waals surface area contributed by atoms with Crippen LogP contribution in [0.3, 0.4) is 0 Å². The zero-order valence-corrected chi connectivity index (χ0v) is 49.2. The van der Waals surface area contributed by atoms with E-state index in [1.54, 1.807) is 0 Å². The summed E-state index contributed by atoms with van der Waals surface area (Å²) < 4.78 is 0. The Morgan fingerprint density at radius 3 is 0.178 bits per heavy atom.